The summed E-state index contributed by atoms with van der Waals surface area (Å²) >= 11 is 0. The second-order valence-corrected chi connectivity index (χ2v) is 5.76. The molecule has 0 amide bonds. The van der Waals surface area contributed by atoms with Crippen molar-refractivity contribution >= 4 is 5.78 Å². The van der Waals surface area contributed by atoms with E-state index in [1.807, 2.05) is 6.92 Å². The van der Waals surface area contributed by atoms with Crippen molar-refractivity contribution in [3.8, 4) is 0 Å². The van der Waals surface area contributed by atoms with Crippen LogP contribution in [0.3, 0.4) is 0 Å². The van der Waals surface area contributed by atoms with Crippen molar-refractivity contribution in [2.24, 2.45) is 0 Å². The van der Waals surface area contributed by atoms with Crippen molar-refractivity contribution in [2.75, 3.05) is 6.61 Å². The molecule has 0 aliphatic carbocycles. The lowest BCUT2D eigenvalue weighted by atomic mass is 9.92. The summed E-state index contributed by atoms with van der Waals surface area (Å²) < 4.78 is 5.42. The molecule has 5 atom stereocenters. The van der Waals surface area contributed by atoms with Crippen molar-refractivity contribution in [3.05, 3.63) is 0 Å². The normalized spacial score (nSPS) is 33.1. The predicted molar refractivity (Wildman–Crippen MR) is 76.8 cm³/mol. The smallest absolute Gasteiger partial charge is 0.132 e. The van der Waals surface area contributed by atoms with Crippen LogP contribution in [0, 0.1) is 0 Å². The summed E-state index contributed by atoms with van der Waals surface area (Å²) in [6, 6.07) is 0. The van der Waals surface area contributed by atoms with Gasteiger partial charge in [0.1, 0.15) is 30.2 Å². The number of hydrogen-bond acceptors (Lipinski definition) is 6. The quantitative estimate of drug-likeness (QED) is 0.452. The van der Waals surface area contributed by atoms with E-state index in [1.165, 1.54) is 0 Å². The molecule has 1 fully saturated rings. The molecule has 5 unspecified atom stereocenters. The van der Waals surface area contributed by atoms with Gasteiger partial charge in [-0.2, -0.15) is 0 Å². The van der Waals surface area contributed by atoms with Crippen LogP contribution >= 0.6 is 0 Å². The van der Waals surface area contributed by atoms with Crippen LogP contribution in [0.15, 0.2) is 0 Å². The minimum atomic E-state index is -1.30. The Morgan fingerprint density at radius 1 is 0.952 bits per heavy atom. The molecule has 1 rings (SSSR count). The molecule has 21 heavy (non-hydrogen) atoms. The zero-order valence-electron chi connectivity index (χ0n) is 12.6. The number of unbranched alkanes of at least 4 members (excludes halogenated alkanes) is 2. The van der Waals surface area contributed by atoms with Crippen molar-refractivity contribution in [1.29, 1.82) is 0 Å². The third-order valence-corrected chi connectivity index (χ3v) is 3.96. The highest BCUT2D eigenvalue weighted by molar-refractivity contribution is 5.78. The topological polar surface area (TPSA) is 107 Å². The maximum Gasteiger partial charge on any atom is 0.132 e. The van der Waals surface area contributed by atoms with E-state index >= 15 is 0 Å². The van der Waals surface area contributed by atoms with Gasteiger partial charge >= 0.3 is 0 Å². The lowest BCUT2D eigenvalue weighted by Gasteiger charge is -2.40. The van der Waals surface area contributed by atoms with Gasteiger partial charge in [-0.1, -0.05) is 19.8 Å². The van der Waals surface area contributed by atoms with Crippen LogP contribution in [0.5, 0.6) is 0 Å². The molecule has 0 bridgehead atoms. The maximum atomic E-state index is 11.4. The molecule has 4 N–H and O–H groups in total. The summed E-state index contributed by atoms with van der Waals surface area (Å²) in [5.41, 5.74) is 0. The summed E-state index contributed by atoms with van der Waals surface area (Å²) in [7, 11) is 0. The van der Waals surface area contributed by atoms with Crippen molar-refractivity contribution < 1.29 is 30.0 Å². The monoisotopic (exact) mass is 304 g/mol. The zero-order valence-corrected chi connectivity index (χ0v) is 12.6. The molecule has 0 aromatic carbocycles. The Balaban J connectivity index is 2.26. The van der Waals surface area contributed by atoms with Crippen LogP contribution < -0.4 is 0 Å². The van der Waals surface area contributed by atoms with E-state index in [9.17, 15) is 20.1 Å². The van der Waals surface area contributed by atoms with Gasteiger partial charge in [-0.05, 0) is 19.3 Å². The number of aliphatic hydroxyl groups is 4. The molecular formula is C15H28O6. The average molecular weight is 304 g/mol. The second-order valence-electron chi connectivity index (χ2n) is 5.76. The largest absolute Gasteiger partial charge is 0.394 e. The average Bonchev–Trinajstić information content (AvgIpc) is 2.47. The summed E-state index contributed by atoms with van der Waals surface area (Å²) in [5.74, 6) is 0.283. The number of hydrogen-bond donors (Lipinski definition) is 4. The van der Waals surface area contributed by atoms with E-state index in [0.29, 0.717) is 19.3 Å². The molecule has 1 aliphatic heterocycles. The summed E-state index contributed by atoms with van der Waals surface area (Å²) in [5, 5.41) is 38.3. The third kappa shape index (κ3) is 5.64. The lowest BCUT2D eigenvalue weighted by molar-refractivity contribution is -0.230. The Morgan fingerprint density at radius 3 is 2.24 bits per heavy atom. The van der Waals surface area contributed by atoms with Gasteiger partial charge in [-0.25, -0.2) is 0 Å². The molecule has 0 aromatic heterocycles. The van der Waals surface area contributed by atoms with Gasteiger partial charge in [0, 0.05) is 12.8 Å². The minimum absolute atomic E-state index is 0.283. The molecule has 1 aliphatic rings. The fourth-order valence-electron chi connectivity index (χ4n) is 2.67. The molecule has 1 heterocycles. The van der Waals surface area contributed by atoms with Crippen LogP contribution in [-0.4, -0.2) is 63.3 Å². The number of Topliss-reactive ketones (excluding diaryl/α,β-unsaturated/α-hetero) is 1. The molecule has 6 nitrogen and oxygen atoms in total. The number of aliphatic hydroxyl groups excluding tert-OH is 4. The third-order valence-electron chi connectivity index (χ3n) is 3.96. The first-order valence-corrected chi connectivity index (χ1v) is 7.83. The van der Waals surface area contributed by atoms with Crippen LogP contribution in [-0.2, 0) is 9.53 Å². The second kappa shape index (κ2) is 9.48. The fourth-order valence-corrected chi connectivity index (χ4v) is 2.67. The standard InChI is InChI=1S/C15H28O6/c1-2-6-10(17)7-4-3-5-8-11-13(18)15(20)14(19)12(9-16)21-11/h11-16,18-20H,2-9H2,1H3. The predicted octanol–water partition coefficient (Wildman–Crippen LogP) is 0.148. The van der Waals surface area contributed by atoms with Crippen LogP contribution in [0.4, 0.5) is 0 Å². The number of carbonyl (C=O) groups excluding carboxylic acids is 1. The van der Waals surface area contributed by atoms with E-state index in [2.05, 4.69) is 0 Å². The maximum absolute atomic E-state index is 11.4. The van der Waals surface area contributed by atoms with E-state index in [1.54, 1.807) is 0 Å². The Bertz CT molecular complexity index is 307. The van der Waals surface area contributed by atoms with E-state index in [4.69, 9.17) is 9.84 Å². The minimum Gasteiger partial charge on any atom is -0.394 e. The number of carbonyl (C=O) groups is 1. The highest BCUT2D eigenvalue weighted by Gasteiger charge is 2.42. The summed E-state index contributed by atoms with van der Waals surface area (Å²) in [6.07, 6.45) is -0.110. The first-order chi connectivity index (χ1) is 10.0. The highest BCUT2D eigenvalue weighted by atomic mass is 16.5. The van der Waals surface area contributed by atoms with Gasteiger partial charge in [-0.15, -0.1) is 0 Å². The molecule has 0 aromatic rings. The summed E-state index contributed by atoms with van der Waals surface area (Å²) in [6.45, 7) is 1.59. The SMILES string of the molecule is CCCC(=O)CCCCCC1OC(CO)C(O)C(O)C1O. The van der Waals surface area contributed by atoms with E-state index in [0.717, 1.165) is 25.7 Å². The van der Waals surface area contributed by atoms with Gasteiger partial charge in [0.05, 0.1) is 12.7 Å². The fraction of sp³-hybridized carbons (Fsp3) is 0.933. The molecular weight excluding hydrogens is 276 g/mol. The molecule has 124 valence electrons. The Hall–Kier alpha value is -0.530. The lowest BCUT2D eigenvalue weighted by Crippen LogP contribution is -2.58. The van der Waals surface area contributed by atoms with Crippen molar-refractivity contribution in [2.45, 2.75) is 82.4 Å². The molecule has 0 radical (unpaired) electrons. The summed E-state index contributed by atoms with van der Waals surface area (Å²) in [4.78, 5) is 11.4. The van der Waals surface area contributed by atoms with Gasteiger partial charge in [-0.3, -0.25) is 4.79 Å². The molecule has 1 saturated heterocycles. The van der Waals surface area contributed by atoms with Crippen LogP contribution in [0.2, 0.25) is 0 Å². The van der Waals surface area contributed by atoms with E-state index < -0.39 is 37.1 Å². The van der Waals surface area contributed by atoms with Crippen molar-refractivity contribution in [1.82, 2.24) is 0 Å². The molecule has 6 heteroatoms. The first kappa shape index (κ1) is 18.5. The van der Waals surface area contributed by atoms with E-state index in [-0.39, 0.29) is 5.78 Å². The first-order valence-electron chi connectivity index (χ1n) is 7.83. The van der Waals surface area contributed by atoms with Crippen LogP contribution in [0.25, 0.3) is 0 Å². The number of rotatable bonds is 9. The Kier molecular flexibility index (Phi) is 8.36. The number of ketones is 1. The van der Waals surface area contributed by atoms with Gasteiger partial charge in [0.15, 0.2) is 0 Å². The van der Waals surface area contributed by atoms with Crippen LogP contribution in [0.1, 0.15) is 51.9 Å². The zero-order chi connectivity index (χ0) is 15.8. The number of ether oxygens (including phenoxy) is 1. The van der Waals surface area contributed by atoms with Gasteiger partial charge < -0.3 is 25.2 Å². The Labute approximate surface area is 125 Å². The van der Waals surface area contributed by atoms with Crippen molar-refractivity contribution in [3.63, 3.8) is 0 Å². The van der Waals surface area contributed by atoms with Gasteiger partial charge in [0.2, 0.25) is 0 Å². The van der Waals surface area contributed by atoms with Gasteiger partial charge in [0.25, 0.3) is 0 Å². The highest BCUT2D eigenvalue weighted by Crippen LogP contribution is 2.24. The Morgan fingerprint density at radius 2 is 1.62 bits per heavy atom. The molecule has 0 spiro atoms. The molecule has 0 saturated carbocycles.